The van der Waals surface area contributed by atoms with Crippen molar-refractivity contribution < 1.29 is 32.5 Å². The Morgan fingerprint density at radius 1 is 1.19 bits per heavy atom. The maximum absolute atomic E-state index is 12.5. The van der Waals surface area contributed by atoms with Gasteiger partial charge in [-0.2, -0.15) is 13.2 Å². The topological polar surface area (TPSA) is 71.0 Å². The van der Waals surface area contributed by atoms with E-state index >= 15 is 0 Å². The fourth-order valence-corrected chi connectivity index (χ4v) is 3.38. The number of amides is 1. The van der Waals surface area contributed by atoms with E-state index in [0.717, 1.165) is 25.9 Å². The summed E-state index contributed by atoms with van der Waals surface area (Å²) in [5, 5.41) is 13.1. The summed E-state index contributed by atoms with van der Waals surface area (Å²) in [5.74, 6) is -0.128. The number of halogens is 3. The molecule has 1 unspecified atom stereocenters. The van der Waals surface area contributed by atoms with Crippen LogP contribution in [0.25, 0.3) is 0 Å². The number of fused-ring (bicyclic) bond motifs is 1. The largest absolute Gasteiger partial charge is 0.486 e. The van der Waals surface area contributed by atoms with Gasteiger partial charge in [0, 0.05) is 6.54 Å². The monoisotopic (exact) mass is 388 g/mol. The molecule has 0 spiro atoms. The van der Waals surface area contributed by atoms with Crippen molar-refractivity contribution in [3.63, 3.8) is 0 Å². The fourth-order valence-electron chi connectivity index (χ4n) is 3.38. The van der Waals surface area contributed by atoms with Crippen LogP contribution in [0.2, 0.25) is 0 Å². The number of aliphatic hydroxyl groups excluding tert-OH is 1. The van der Waals surface area contributed by atoms with Gasteiger partial charge in [0.2, 0.25) is 5.91 Å². The van der Waals surface area contributed by atoms with Gasteiger partial charge in [0.1, 0.15) is 25.7 Å². The molecule has 1 fully saturated rings. The van der Waals surface area contributed by atoms with Crippen molar-refractivity contribution in [3.05, 3.63) is 23.8 Å². The molecule has 0 saturated carbocycles. The van der Waals surface area contributed by atoms with E-state index in [1.54, 1.807) is 18.2 Å². The van der Waals surface area contributed by atoms with Crippen LogP contribution in [0.3, 0.4) is 0 Å². The van der Waals surface area contributed by atoms with E-state index in [0.29, 0.717) is 30.3 Å². The first kappa shape index (κ1) is 19.8. The molecule has 1 amide bonds. The Kier molecular flexibility index (Phi) is 6.11. The second-order valence-corrected chi connectivity index (χ2v) is 6.82. The number of hydrogen-bond acceptors (Lipinski definition) is 5. The zero-order valence-corrected chi connectivity index (χ0v) is 14.8. The fraction of sp³-hybridized carbons (Fsp3) is 0.611. The molecule has 0 aliphatic carbocycles. The lowest BCUT2D eigenvalue weighted by molar-refractivity contribution is -0.154. The molecule has 150 valence electrons. The Bertz CT molecular complexity index is 662. The summed E-state index contributed by atoms with van der Waals surface area (Å²) in [5.41, 5.74) is 0.454. The highest BCUT2D eigenvalue weighted by atomic mass is 19.4. The van der Waals surface area contributed by atoms with Crippen LogP contribution in [0.15, 0.2) is 18.2 Å². The summed E-state index contributed by atoms with van der Waals surface area (Å²) in [6.45, 7) is 2.67. The van der Waals surface area contributed by atoms with Crippen LogP contribution < -0.4 is 14.8 Å². The van der Waals surface area contributed by atoms with Gasteiger partial charge in [0.25, 0.3) is 0 Å². The summed E-state index contributed by atoms with van der Waals surface area (Å²) in [4.78, 5) is 13.8. The number of hydrogen-bond donors (Lipinski definition) is 2. The average molecular weight is 388 g/mol. The van der Waals surface area contributed by atoms with E-state index in [1.807, 2.05) is 4.90 Å². The predicted octanol–water partition coefficient (Wildman–Crippen LogP) is 2.02. The molecule has 0 aromatic heterocycles. The van der Waals surface area contributed by atoms with Crippen LogP contribution in [-0.2, 0) is 4.79 Å². The van der Waals surface area contributed by atoms with E-state index in [2.05, 4.69) is 5.32 Å². The van der Waals surface area contributed by atoms with E-state index in [4.69, 9.17) is 9.47 Å². The normalized spacial score (nSPS) is 19.6. The number of nitrogens with zero attached hydrogens (tertiary/aromatic N) is 1. The van der Waals surface area contributed by atoms with Crippen molar-refractivity contribution in [1.82, 2.24) is 10.2 Å². The molecule has 3 rings (SSSR count). The molecule has 2 heterocycles. The Labute approximate surface area is 155 Å². The van der Waals surface area contributed by atoms with Crippen LogP contribution in [0, 0.1) is 0 Å². The number of aliphatic hydroxyl groups is 1. The van der Waals surface area contributed by atoms with Crippen LogP contribution in [-0.4, -0.2) is 61.0 Å². The van der Waals surface area contributed by atoms with E-state index in [1.165, 1.54) is 0 Å². The predicted molar refractivity (Wildman–Crippen MR) is 90.7 cm³/mol. The Morgan fingerprint density at radius 2 is 1.85 bits per heavy atom. The highest BCUT2D eigenvalue weighted by Crippen LogP contribution is 2.33. The highest BCUT2D eigenvalue weighted by molar-refractivity contribution is 5.77. The van der Waals surface area contributed by atoms with Crippen LogP contribution >= 0.6 is 0 Å². The maximum Gasteiger partial charge on any atom is 0.397 e. The molecule has 1 aromatic carbocycles. The molecule has 1 aromatic rings. The van der Waals surface area contributed by atoms with Crippen molar-refractivity contribution in [2.24, 2.45) is 0 Å². The molecule has 2 aliphatic heterocycles. The number of nitrogens with one attached hydrogen (secondary N) is 1. The van der Waals surface area contributed by atoms with Gasteiger partial charge in [-0.1, -0.05) is 6.07 Å². The molecule has 2 aliphatic rings. The standard InChI is InChI=1S/C18H23F3N2O4/c19-18(20,21)10-16(24)22-13(11-23-5-1-2-6-23)17(25)12-3-4-14-15(9-12)27-8-7-26-14/h3-4,9,13,17,25H,1-2,5-8,10-11H2,(H,22,24)/t13-,17?/m1/s1. The molecule has 2 atom stereocenters. The summed E-state index contributed by atoms with van der Waals surface area (Å²) < 4.78 is 48.5. The average Bonchev–Trinajstić information content (AvgIpc) is 3.11. The van der Waals surface area contributed by atoms with Gasteiger partial charge in [-0.25, -0.2) is 0 Å². The van der Waals surface area contributed by atoms with Crippen molar-refractivity contribution in [2.75, 3.05) is 32.8 Å². The number of likely N-dealkylation sites (tertiary alicyclic amines) is 1. The third-order valence-electron chi connectivity index (χ3n) is 4.65. The lowest BCUT2D eigenvalue weighted by Gasteiger charge is -2.29. The van der Waals surface area contributed by atoms with E-state index < -0.39 is 30.7 Å². The Balaban J connectivity index is 1.74. The van der Waals surface area contributed by atoms with Gasteiger partial charge in [0.05, 0.1) is 6.04 Å². The number of benzene rings is 1. The molecule has 9 heteroatoms. The number of carbonyl (C=O) groups excluding carboxylic acids is 1. The Hall–Kier alpha value is -2.00. The first-order valence-corrected chi connectivity index (χ1v) is 8.98. The number of carbonyl (C=O) groups is 1. The van der Waals surface area contributed by atoms with Crippen molar-refractivity contribution in [3.8, 4) is 11.5 Å². The van der Waals surface area contributed by atoms with Crippen LogP contribution in [0.1, 0.15) is 30.9 Å². The summed E-state index contributed by atoms with van der Waals surface area (Å²) >= 11 is 0. The first-order valence-electron chi connectivity index (χ1n) is 8.98. The number of ether oxygens (including phenoxy) is 2. The number of alkyl halides is 3. The van der Waals surface area contributed by atoms with Gasteiger partial charge in [-0.3, -0.25) is 4.79 Å². The number of rotatable bonds is 6. The third kappa shape index (κ3) is 5.49. The minimum Gasteiger partial charge on any atom is -0.486 e. The van der Waals surface area contributed by atoms with Gasteiger partial charge in [0.15, 0.2) is 11.5 Å². The van der Waals surface area contributed by atoms with Gasteiger partial charge in [-0.05, 0) is 43.6 Å². The molecule has 27 heavy (non-hydrogen) atoms. The molecule has 0 radical (unpaired) electrons. The minimum atomic E-state index is -4.59. The zero-order chi connectivity index (χ0) is 19.4. The molecule has 6 nitrogen and oxygen atoms in total. The smallest absolute Gasteiger partial charge is 0.397 e. The highest BCUT2D eigenvalue weighted by Gasteiger charge is 2.34. The summed E-state index contributed by atoms with van der Waals surface area (Å²) in [6, 6.07) is 4.02. The quantitative estimate of drug-likeness (QED) is 0.780. The third-order valence-corrected chi connectivity index (χ3v) is 4.65. The van der Waals surface area contributed by atoms with Crippen molar-refractivity contribution in [1.29, 1.82) is 0 Å². The summed E-state index contributed by atoms with van der Waals surface area (Å²) in [7, 11) is 0. The Morgan fingerprint density at radius 3 is 2.52 bits per heavy atom. The molecule has 2 N–H and O–H groups in total. The van der Waals surface area contributed by atoms with E-state index in [9.17, 15) is 23.1 Å². The van der Waals surface area contributed by atoms with Gasteiger partial charge < -0.3 is 24.8 Å². The zero-order valence-electron chi connectivity index (χ0n) is 14.8. The second-order valence-electron chi connectivity index (χ2n) is 6.82. The van der Waals surface area contributed by atoms with E-state index in [-0.39, 0.29) is 6.54 Å². The molecular formula is C18H23F3N2O4. The van der Waals surface area contributed by atoms with Crippen molar-refractivity contribution >= 4 is 5.91 Å². The van der Waals surface area contributed by atoms with Crippen LogP contribution in [0.4, 0.5) is 13.2 Å². The molecular weight excluding hydrogens is 365 g/mol. The van der Waals surface area contributed by atoms with Crippen LogP contribution in [0.5, 0.6) is 11.5 Å². The SMILES string of the molecule is O=C(CC(F)(F)F)N[C@H](CN1CCCC1)C(O)c1ccc2c(c1)OCCO2. The van der Waals surface area contributed by atoms with Crippen molar-refractivity contribution in [2.45, 2.75) is 37.6 Å². The first-order chi connectivity index (χ1) is 12.8. The molecule has 0 bridgehead atoms. The maximum atomic E-state index is 12.5. The summed E-state index contributed by atoms with van der Waals surface area (Å²) in [6.07, 6.45) is -5.35. The van der Waals surface area contributed by atoms with Gasteiger partial charge >= 0.3 is 6.18 Å². The second kappa shape index (κ2) is 8.35. The lowest BCUT2D eigenvalue weighted by atomic mass is 10.0. The lowest BCUT2D eigenvalue weighted by Crippen LogP contribution is -2.47. The molecule has 1 saturated heterocycles. The van der Waals surface area contributed by atoms with Gasteiger partial charge in [-0.15, -0.1) is 0 Å². The minimum absolute atomic E-state index is 0.277.